The van der Waals surface area contributed by atoms with E-state index in [-0.39, 0.29) is 0 Å². The summed E-state index contributed by atoms with van der Waals surface area (Å²) >= 11 is 4.08. The number of aryl methyl sites for hydroxylation is 1. The summed E-state index contributed by atoms with van der Waals surface area (Å²) < 4.78 is 0. The van der Waals surface area contributed by atoms with Gasteiger partial charge in [-0.25, -0.2) is 0 Å². The van der Waals surface area contributed by atoms with Gasteiger partial charge >= 0.3 is 0 Å². The molecule has 1 heterocycles. The second-order valence-electron chi connectivity index (χ2n) is 3.77. The normalized spacial score (nSPS) is 17.9. The molecule has 0 radical (unpaired) electrons. The highest BCUT2D eigenvalue weighted by atomic mass is 32.2. The van der Waals surface area contributed by atoms with E-state index in [9.17, 15) is 0 Å². The minimum Gasteiger partial charge on any atom is -0.285 e. The fourth-order valence-corrected chi connectivity index (χ4v) is 3.85. The van der Waals surface area contributed by atoms with Crippen LogP contribution in [-0.4, -0.2) is 28.3 Å². The Morgan fingerprint density at radius 2 is 1.80 bits per heavy atom. The molecule has 0 spiro atoms. The van der Waals surface area contributed by atoms with Crippen LogP contribution in [0.15, 0.2) is 30.3 Å². The van der Waals surface area contributed by atoms with E-state index in [2.05, 4.69) is 35.2 Å². The van der Waals surface area contributed by atoms with Gasteiger partial charge in [-0.2, -0.15) is 0 Å². The van der Waals surface area contributed by atoms with Crippen molar-refractivity contribution in [3.8, 4) is 0 Å². The van der Waals surface area contributed by atoms with Crippen LogP contribution in [0.25, 0.3) is 0 Å². The number of hydrogen-bond acceptors (Lipinski definition) is 3. The summed E-state index contributed by atoms with van der Waals surface area (Å²) in [4.78, 5) is 2.54. The molecule has 1 saturated heterocycles. The molecule has 1 fully saturated rings. The molecular formula is C12H17NS2. The molecular weight excluding hydrogens is 222 g/mol. The Morgan fingerprint density at radius 1 is 1.07 bits per heavy atom. The molecule has 1 aliphatic heterocycles. The van der Waals surface area contributed by atoms with Crippen LogP contribution in [0.4, 0.5) is 0 Å². The van der Waals surface area contributed by atoms with Gasteiger partial charge in [-0.3, -0.25) is 4.90 Å². The van der Waals surface area contributed by atoms with Crippen LogP contribution in [0.3, 0.4) is 0 Å². The van der Waals surface area contributed by atoms with Gasteiger partial charge in [0.2, 0.25) is 0 Å². The minimum absolute atomic E-state index is 1.21. The van der Waals surface area contributed by atoms with Gasteiger partial charge in [-0.15, -0.1) is 23.5 Å². The monoisotopic (exact) mass is 239 g/mol. The van der Waals surface area contributed by atoms with Crippen molar-refractivity contribution >= 4 is 23.5 Å². The Balaban J connectivity index is 1.66. The van der Waals surface area contributed by atoms with Crippen LogP contribution in [-0.2, 0) is 6.42 Å². The van der Waals surface area contributed by atoms with Crippen molar-refractivity contribution in [2.75, 3.05) is 23.4 Å². The molecule has 0 aromatic heterocycles. The minimum atomic E-state index is 1.21. The number of nitrogens with zero attached hydrogens (tertiary/aromatic N) is 1. The number of thioether (sulfide) groups is 2. The number of hydrogen-bond donors (Lipinski definition) is 0. The van der Waals surface area contributed by atoms with Crippen LogP contribution in [0.2, 0.25) is 0 Å². The zero-order valence-corrected chi connectivity index (χ0v) is 10.5. The third-order valence-electron chi connectivity index (χ3n) is 2.50. The van der Waals surface area contributed by atoms with Crippen molar-refractivity contribution in [2.24, 2.45) is 0 Å². The summed E-state index contributed by atoms with van der Waals surface area (Å²) in [6.07, 6.45) is 2.50. The molecule has 0 N–H and O–H groups in total. The van der Waals surface area contributed by atoms with Crippen LogP contribution in [0, 0.1) is 0 Å². The first-order valence-electron chi connectivity index (χ1n) is 5.37. The quantitative estimate of drug-likeness (QED) is 0.794. The average Bonchev–Trinajstić information content (AvgIpc) is 2.32. The largest absolute Gasteiger partial charge is 0.285 e. The highest BCUT2D eigenvalue weighted by molar-refractivity contribution is 8.16. The molecule has 0 unspecified atom stereocenters. The second kappa shape index (κ2) is 6.46. The van der Waals surface area contributed by atoms with Crippen LogP contribution in [0.1, 0.15) is 12.0 Å². The maximum atomic E-state index is 2.54. The molecule has 1 aliphatic rings. The maximum Gasteiger partial charge on any atom is 0.0460 e. The van der Waals surface area contributed by atoms with Gasteiger partial charge in [0.25, 0.3) is 0 Å². The summed E-state index contributed by atoms with van der Waals surface area (Å²) in [5.41, 5.74) is 1.47. The first kappa shape index (κ1) is 11.4. The number of rotatable bonds is 4. The van der Waals surface area contributed by atoms with Gasteiger partial charge in [0.1, 0.15) is 0 Å². The molecule has 0 atom stereocenters. The van der Waals surface area contributed by atoms with Gasteiger partial charge in [0, 0.05) is 23.4 Å². The molecule has 1 aromatic carbocycles. The molecule has 0 bridgehead atoms. The summed E-state index contributed by atoms with van der Waals surface area (Å²) in [6.45, 7) is 1.24. The van der Waals surface area contributed by atoms with E-state index in [0.29, 0.717) is 0 Å². The van der Waals surface area contributed by atoms with E-state index in [4.69, 9.17) is 0 Å². The van der Waals surface area contributed by atoms with E-state index in [0.717, 1.165) is 0 Å². The van der Waals surface area contributed by atoms with Crippen molar-refractivity contribution in [2.45, 2.75) is 12.8 Å². The predicted octanol–water partition coefficient (Wildman–Crippen LogP) is 3.27. The molecule has 1 nitrogen and oxygen atoms in total. The highest BCUT2D eigenvalue weighted by Crippen LogP contribution is 2.21. The summed E-state index contributed by atoms with van der Waals surface area (Å²) in [5, 5.41) is 1.27. The smallest absolute Gasteiger partial charge is 0.0460 e. The number of benzene rings is 1. The van der Waals surface area contributed by atoms with Crippen molar-refractivity contribution in [3.63, 3.8) is 0 Å². The molecule has 3 heteroatoms. The summed E-state index contributed by atoms with van der Waals surface area (Å²) in [6, 6.07) is 10.8. The third kappa shape index (κ3) is 4.09. The van der Waals surface area contributed by atoms with Crippen molar-refractivity contribution in [3.05, 3.63) is 35.9 Å². The fraction of sp³-hybridized carbons (Fsp3) is 0.500. The highest BCUT2D eigenvalue weighted by Gasteiger charge is 2.09. The van der Waals surface area contributed by atoms with Crippen LogP contribution >= 0.6 is 23.5 Å². The lowest BCUT2D eigenvalue weighted by Crippen LogP contribution is -2.27. The Bertz CT molecular complexity index is 270. The van der Waals surface area contributed by atoms with Crippen LogP contribution in [0.5, 0.6) is 0 Å². The summed E-state index contributed by atoms with van der Waals surface area (Å²) in [7, 11) is 0. The van der Waals surface area contributed by atoms with E-state index < -0.39 is 0 Å². The topological polar surface area (TPSA) is 3.24 Å². The van der Waals surface area contributed by atoms with E-state index in [1.807, 2.05) is 23.5 Å². The zero-order chi connectivity index (χ0) is 10.3. The van der Waals surface area contributed by atoms with Gasteiger partial charge in [0.05, 0.1) is 0 Å². The van der Waals surface area contributed by atoms with E-state index >= 15 is 0 Å². The van der Waals surface area contributed by atoms with Crippen molar-refractivity contribution < 1.29 is 0 Å². The first-order chi connectivity index (χ1) is 7.45. The Labute approximate surface area is 101 Å². The third-order valence-corrected chi connectivity index (χ3v) is 4.93. The van der Waals surface area contributed by atoms with Gasteiger partial charge < -0.3 is 0 Å². The lowest BCUT2D eigenvalue weighted by Gasteiger charge is -2.25. The van der Waals surface area contributed by atoms with Gasteiger partial charge in [0.15, 0.2) is 0 Å². The average molecular weight is 239 g/mol. The first-order valence-corrected chi connectivity index (χ1v) is 7.68. The predicted molar refractivity (Wildman–Crippen MR) is 71.3 cm³/mol. The van der Waals surface area contributed by atoms with Gasteiger partial charge in [-0.05, 0) is 18.4 Å². The Morgan fingerprint density at radius 3 is 2.53 bits per heavy atom. The van der Waals surface area contributed by atoms with Gasteiger partial charge in [-0.1, -0.05) is 30.3 Å². The van der Waals surface area contributed by atoms with Crippen LogP contribution < -0.4 is 0 Å². The molecule has 15 heavy (non-hydrogen) atoms. The molecule has 2 rings (SSSR count). The lowest BCUT2D eigenvalue weighted by molar-refractivity contribution is 0.369. The van der Waals surface area contributed by atoms with E-state index in [1.165, 1.54) is 41.8 Å². The SMILES string of the molecule is c1ccc(CCCN2CSCSC2)cc1. The molecule has 0 amide bonds. The lowest BCUT2D eigenvalue weighted by atomic mass is 10.1. The maximum absolute atomic E-state index is 2.54. The van der Waals surface area contributed by atoms with Crippen molar-refractivity contribution in [1.29, 1.82) is 0 Å². The molecule has 0 aliphatic carbocycles. The Kier molecular flexibility index (Phi) is 4.90. The standard InChI is InChI=1S/C12H17NS2/c1-2-5-12(6-3-1)7-4-8-13-9-14-11-15-10-13/h1-3,5-6H,4,7-11H2. The molecule has 0 saturated carbocycles. The summed E-state index contributed by atoms with van der Waals surface area (Å²) in [5.74, 6) is 2.45. The molecule has 1 aromatic rings. The van der Waals surface area contributed by atoms with E-state index in [1.54, 1.807) is 0 Å². The fourth-order valence-electron chi connectivity index (χ4n) is 1.71. The second-order valence-corrected chi connectivity index (χ2v) is 6.04. The molecule has 82 valence electrons. The zero-order valence-electron chi connectivity index (χ0n) is 8.89. The van der Waals surface area contributed by atoms with Crippen molar-refractivity contribution in [1.82, 2.24) is 4.90 Å². The Hall–Kier alpha value is -0.120.